The van der Waals surface area contributed by atoms with E-state index in [1.54, 1.807) is 11.0 Å². The molecule has 0 unspecified atom stereocenters. The Bertz CT molecular complexity index is 1020. The Morgan fingerprint density at radius 2 is 1.86 bits per heavy atom. The molecule has 0 aromatic heterocycles. The summed E-state index contributed by atoms with van der Waals surface area (Å²) in [6.45, 7) is 2.37. The minimum absolute atomic E-state index is 0.162. The molecular weight excluding hydrogens is 500 g/mol. The predicted octanol–water partition coefficient (Wildman–Crippen LogP) is 3.45. The van der Waals surface area contributed by atoms with Crippen molar-refractivity contribution in [3.63, 3.8) is 0 Å². The van der Waals surface area contributed by atoms with Gasteiger partial charge >= 0.3 is 0 Å². The van der Waals surface area contributed by atoms with Gasteiger partial charge in [-0.2, -0.15) is 8.42 Å². The Hall–Kier alpha value is -1.27. The van der Waals surface area contributed by atoms with E-state index in [1.165, 1.54) is 0 Å². The van der Waals surface area contributed by atoms with Gasteiger partial charge in [-0.25, -0.2) is 0 Å². The third kappa shape index (κ3) is 4.74. The lowest BCUT2D eigenvalue weighted by Gasteiger charge is -2.16. The van der Waals surface area contributed by atoms with Crippen molar-refractivity contribution in [3.05, 3.63) is 33.1 Å². The molecule has 2 heterocycles. The Balaban J connectivity index is 1.99. The van der Waals surface area contributed by atoms with Crippen molar-refractivity contribution in [1.29, 1.82) is 0 Å². The van der Waals surface area contributed by atoms with Crippen molar-refractivity contribution in [2.24, 2.45) is 0 Å². The average Bonchev–Trinajstić information content (AvgIpc) is 3.05. The molecule has 1 N–H and O–H groups in total. The second-order valence-electron chi connectivity index (χ2n) is 6.64. The highest BCUT2D eigenvalue weighted by atomic mass is 79.9. The van der Waals surface area contributed by atoms with Crippen LogP contribution in [0.3, 0.4) is 0 Å². The number of carbonyl (C=O) groups excluding carboxylic acids is 2. The van der Waals surface area contributed by atoms with Crippen LogP contribution in [0, 0.1) is 0 Å². The highest BCUT2D eigenvalue weighted by Crippen LogP contribution is 2.45. The van der Waals surface area contributed by atoms with Crippen LogP contribution in [-0.2, 0) is 19.7 Å². The first kappa shape index (κ1) is 22.4. The second kappa shape index (κ2) is 8.84. The standard InChI is InChI=1S/C18H19BrN2O5S3/c1-2-3-4-7-20-13-6-5-11(19)10-12(13)14(16(20)22)15-17(23)21(18(27)28-15)8-9-29(24,25)26/h5-6,10H,2-4,7-9H2,1H3,(H,24,25,26)/b15-14+. The summed E-state index contributed by atoms with van der Waals surface area (Å²) in [7, 11) is -4.24. The van der Waals surface area contributed by atoms with E-state index in [-0.39, 0.29) is 27.3 Å². The van der Waals surface area contributed by atoms with Gasteiger partial charge in [0.05, 0.1) is 21.9 Å². The molecule has 0 atom stereocenters. The fraction of sp³-hybridized carbons (Fsp3) is 0.389. The summed E-state index contributed by atoms with van der Waals surface area (Å²) >= 11 is 9.62. The number of hydrogen-bond acceptors (Lipinski definition) is 6. The maximum atomic E-state index is 13.2. The molecule has 11 heteroatoms. The van der Waals surface area contributed by atoms with Crippen molar-refractivity contribution >= 4 is 77.4 Å². The Kier molecular flexibility index (Phi) is 6.84. The van der Waals surface area contributed by atoms with Gasteiger partial charge in [0, 0.05) is 23.1 Å². The summed E-state index contributed by atoms with van der Waals surface area (Å²) in [5, 5.41) is 0. The Labute approximate surface area is 187 Å². The third-order valence-electron chi connectivity index (χ3n) is 4.61. The van der Waals surface area contributed by atoms with Gasteiger partial charge in [0.1, 0.15) is 4.32 Å². The molecule has 2 aliphatic rings. The van der Waals surface area contributed by atoms with Crippen LogP contribution in [0.25, 0.3) is 5.57 Å². The molecule has 1 aromatic rings. The average molecular weight is 519 g/mol. The highest BCUT2D eigenvalue weighted by Gasteiger charge is 2.42. The first-order chi connectivity index (χ1) is 13.6. The molecule has 1 fully saturated rings. The van der Waals surface area contributed by atoms with E-state index in [0.29, 0.717) is 12.1 Å². The first-order valence-corrected chi connectivity index (χ1v) is 12.6. The Morgan fingerprint density at radius 3 is 2.52 bits per heavy atom. The zero-order valence-electron chi connectivity index (χ0n) is 15.6. The first-order valence-electron chi connectivity index (χ1n) is 8.99. The van der Waals surface area contributed by atoms with Crippen molar-refractivity contribution in [1.82, 2.24) is 4.90 Å². The van der Waals surface area contributed by atoms with E-state index in [1.807, 2.05) is 12.1 Å². The SMILES string of the molecule is CCCCCN1C(=O)/C(=C2/SC(=S)N(CCS(=O)(=O)O)C2=O)c2cc(Br)ccc21. The van der Waals surface area contributed by atoms with E-state index in [4.69, 9.17) is 16.8 Å². The van der Waals surface area contributed by atoms with Crippen molar-refractivity contribution in [3.8, 4) is 0 Å². The quantitative estimate of drug-likeness (QED) is 0.255. The molecule has 1 aromatic carbocycles. The van der Waals surface area contributed by atoms with E-state index in [0.717, 1.165) is 46.1 Å². The molecular formula is C18H19BrN2O5S3. The number of fused-ring (bicyclic) bond motifs is 1. The fourth-order valence-corrected chi connectivity index (χ4v) is 5.37. The van der Waals surface area contributed by atoms with Gasteiger partial charge in [0.25, 0.3) is 21.9 Å². The van der Waals surface area contributed by atoms with Crippen LogP contribution in [0.1, 0.15) is 31.7 Å². The van der Waals surface area contributed by atoms with E-state index < -0.39 is 21.8 Å². The smallest absolute Gasteiger partial charge is 0.267 e. The fourth-order valence-electron chi connectivity index (χ4n) is 3.21. The molecule has 3 rings (SSSR count). The monoisotopic (exact) mass is 518 g/mol. The summed E-state index contributed by atoms with van der Waals surface area (Å²) in [5.41, 5.74) is 1.67. The molecule has 2 aliphatic heterocycles. The van der Waals surface area contributed by atoms with Gasteiger partial charge < -0.3 is 4.90 Å². The van der Waals surface area contributed by atoms with E-state index >= 15 is 0 Å². The van der Waals surface area contributed by atoms with Crippen LogP contribution in [0.15, 0.2) is 27.6 Å². The number of thiocarbonyl (C=S) groups is 1. The molecule has 0 saturated carbocycles. The molecule has 2 amide bonds. The number of hydrogen-bond donors (Lipinski definition) is 1. The van der Waals surface area contributed by atoms with Crippen LogP contribution < -0.4 is 4.90 Å². The van der Waals surface area contributed by atoms with Crippen LogP contribution in [0.2, 0.25) is 0 Å². The van der Waals surface area contributed by atoms with Gasteiger partial charge in [-0.05, 0) is 24.6 Å². The van der Waals surface area contributed by atoms with Gasteiger partial charge in [-0.3, -0.25) is 19.0 Å². The van der Waals surface area contributed by atoms with Gasteiger partial charge in [-0.1, -0.05) is 59.7 Å². The molecule has 0 radical (unpaired) electrons. The molecule has 29 heavy (non-hydrogen) atoms. The number of thioether (sulfide) groups is 1. The topological polar surface area (TPSA) is 95.0 Å². The lowest BCUT2D eigenvalue weighted by molar-refractivity contribution is -0.122. The number of benzene rings is 1. The summed E-state index contributed by atoms with van der Waals surface area (Å²) < 4.78 is 32.0. The van der Waals surface area contributed by atoms with Crippen molar-refractivity contribution in [2.75, 3.05) is 23.7 Å². The molecule has 0 aliphatic carbocycles. The largest absolute Gasteiger partial charge is 0.308 e. The van der Waals surface area contributed by atoms with E-state index in [9.17, 15) is 18.0 Å². The number of carbonyl (C=O) groups is 2. The highest BCUT2D eigenvalue weighted by molar-refractivity contribution is 9.10. The molecule has 7 nitrogen and oxygen atoms in total. The molecule has 0 spiro atoms. The van der Waals surface area contributed by atoms with Gasteiger partial charge in [0.2, 0.25) is 0 Å². The molecule has 1 saturated heterocycles. The summed E-state index contributed by atoms with van der Waals surface area (Å²) in [5.74, 6) is -1.40. The van der Waals surface area contributed by atoms with Crippen LogP contribution >= 0.6 is 39.9 Å². The number of rotatable bonds is 7. The predicted molar refractivity (Wildman–Crippen MR) is 121 cm³/mol. The summed E-state index contributed by atoms with van der Waals surface area (Å²) in [6, 6.07) is 5.49. The van der Waals surface area contributed by atoms with Crippen LogP contribution in [0.4, 0.5) is 5.69 Å². The van der Waals surface area contributed by atoms with Crippen molar-refractivity contribution < 1.29 is 22.6 Å². The number of amides is 2. The van der Waals surface area contributed by atoms with Gasteiger partial charge in [0.15, 0.2) is 0 Å². The van der Waals surface area contributed by atoms with Crippen LogP contribution in [0.5, 0.6) is 0 Å². The van der Waals surface area contributed by atoms with Crippen LogP contribution in [-0.4, -0.2) is 52.8 Å². The minimum atomic E-state index is -4.24. The minimum Gasteiger partial charge on any atom is -0.308 e. The third-order valence-corrected chi connectivity index (χ3v) is 7.25. The number of halogens is 1. The Morgan fingerprint density at radius 1 is 1.14 bits per heavy atom. The van der Waals surface area contributed by atoms with Crippen molar-refractivity contribution in [2.45, 2.75) is 26.2 Å². The number of unbranched alkanes of at least 4 members (excludes halogenated alkanes) is 2. The summed E-state index contributed by atoms with van der Waals surface area (Å²) in [6.07, 6.45) is 2.86. The summed E-state index contributed by atoms with van der Waals surface area (Å²) in [4.78, 5) is 29.1. The zero-order chi connectivity index (χ0) is 21.3. The number of anilines is 1. The maximum Gasteiger partial charge on any atom is 0.267 e. The van der Waals surface area contributed by atoms with E-state index in [2.05, 4.69) is 22.9 Å². The molecule has 0 bridgehead atoms. The lowest BCUT2D eigenvalue weighted by atomic mass is 10.1. The lowest BCUT2D eigenvalue weighted by Crippen LogP contribution is -2.33. The maximum absolute atomic E-state index is 13.2. The molecule has 156 valence electrons. The zero-order valence-corrected chi connectivity index (χ0v) is 19.6. The number of nitrogens with zero attached hydrogens (tertiary/aromatic N) is 2. The normalized spacial score (nSPS) is 19.5. The second-order valence-corrected chi connectivity index (χ2v) is 10.8. The van der Waals surface area contributed by atoms with Gasteiger partial charge in [-0.15, -0.1) is 0 Å².